The molecule has 0 aliphatic heterocycles. The maximum absolute atomic E-state index is 12.9. The standard InChI is InChI=1S/C14H13FINO/c15-11-7-5-10(6-8-11)14(9-17)18-13-4-2-1-3-12(13)16/h1-8,14H,9,17H2. The lowest BCUT2D eigenvalue weighted by atomic mass is 10.1. The summed E-state index contributed by atoms with van der Waals surface area (Å²) in [5.41, 5.74) is 6.59. The van der Waals surface area contributed by atoms with Crippen LogP contribution in [-0.2, 0) is 0 Å². The third-order valence-corrected chi connectivity index (χ3v) is 3.45. The fraction of sp³-hybridized carbons (Fsp3) is 0.143. The minimum absolute atomic E-state index is 0.260. The van der Waals surface area contributed by atoms with Gasteiger partial charge >= 0.3 is 0 Å². The Morgan fingerprint density at radius 2 is 1.78 bits per heavy atom. The molecule has 0 spiro atoms. The van der Waals surface area contributed by atoms with Crippen molar-refractivity contribution in [1.82, 2.24) is 0 Å². The maximum atomic E-state index is 12.9. The van der Waals surface area contributed by atoms with E-state index in [9.17, 15) is 4.39 Å². The van der Waals surface area contributed by atoms with Crippen molar-refractivity contribution in [3.63, 3.8) is 0 Å². The highest BCUT2D eigenvalue weighted by Gasteiger charge is 2.12. The minimum Gasteiger partial charge on any atom is -0.483 e. The van der Waals surface area contributed by atoms with Gasteiger partial charge in [0.1, 0.15) is 17.7 Å². The number of halogens is 2. The Labute approximate surface area is 119 Å². The quantitative estimate of drug-likeness (QED) is 0.850. The third kappa shape index (κ3) is 3.20. The summed E-state index contributed by atoms with van der Waals surface area (Å²) in [6.45, 7) is 0.344. The van der Waals surface area contributed by atoms with Crippen LogP contribution in [0.2, 0.25) is 0 Å². The summed E-state index contributed by atoms with van der Waals surface area (Å²) in [5.74, 6) is 0.529. The third-order valence-electron chi connectivity index (χ3n) is 2.56. The molecule has 0 fully saturated rings. The Kier molecular flexibility index (Phi) is 4.54. The summed E-state index contributed by atoms with van der Waals surface area (Å²) < 4.78 is 19.8. The van der Waals surface area contributed by atoms with Gasteiger partial charge in [-0.25, -0.2) is 4.39 Å². The predicted octanol–water partition coefficient (Wildman–Crippen LogP) is 3.51. The molecule has 0 aliphatic rings. The van der Waals surface area contributed by atoms with Crippen molar-refractivity contribution in [1.29, 1.82) is 0 Å². The van der Waals surface area contributed by atoms with Gasteiger partial charge in [-0.2, -0.15) is 0 Å². The molecule has 4 heteroatoms. The Bertz CT molecular complexity index is 515. The van der Waals surface area contributed by atoms with E-state index < -0.39 is 0 Å². The highest BCUT2D eigenvalue weighted by atomic mass is 127. The van der Waals surface area contributed by atoms with Crippen LogP contribution in [0.4, 0.5) is 4.39 Å². The topological polar surface area (TPSA) is 35.2 Å². The fourth-order valence-corrected chi connectivity index (χ4v) is 2.14. The second-order valence-corrected chi connectivity index (χ2v) is 4.99. The molecule has 2 nitrogen and oxygen atoms in total. The van der Waals surface area contributed by atoms with Crippen LogP contribution in [0.25, 0.3) is 0 Å². The average molecular weight is 357 g/mol. The molecular formula is C14H13FINO. The zero-order chi connectivity index (χ0) is 13.0. The van der Waals surface area contributed by atoms with Gasteiger partial charge in [0, 0.05) is 6.54 Å². The van der Waals surface area contributed by atoms with Crippen LogP contribution in [0.3, 0.4) is 0 Å². The number of rotatable bonds is 4. The number of para-hydroxylation sites is 1. The highest BCUT2D eigenvalue weighted by molar-refractivity contribution is 14.1. The van der Waals surface area contributed by atoms with Gasteiger partial charge in [-0.15, -0.1) is 0 Å². The van der Waals surface area contributed by atoms with Gasteiger partial charge in [-0.05, 0) is 52.4 Å². The number of ether oxygens (including phenoxy) is 1. The molecule has 2 rings (SSSR count). The van der Waals surface area contributed by atoms with Crippen molar-refractivity contribution in [3.05, 3.63) is 63.5 Å². The molecule has 1 unspecified atom stereocenters. The van der Waals surface area contributed by atoms with E-state index in [2.05, 4.69) is 22.6 Å². The van der Waals surface area contributed by atoms with Gasteiger partial charge in [-0.3, -0.25) is 0 Å². The van der Waals surface area contributed by atoms with Crippen molar-refractivity contribution < 1.29 is 9.13 Å². The van der Waals surface area contributed by atoms with E-state index in [0.717, 1.165) is 14.9 Å². The molecule has 2 aromatic rings. The zero-order valence-corrected chi connectivity index (χ0v) is 11.8. The molecule has 0 aromatic heterocycles. The van der Waals surface area contributed by atoms with Crippen LogP contribution in [0.5, 0.6) is 5.75 Å². The Morgan fingerprint density at radius 1 is 1.11 bits per heavy atom. The first-order valence-corrected chi connectivity index (χ1v) is 6.65. The molecule has 0 heterocycles. The van der Waals surface area contributed by atoms with Gasteiger partial charge < -0.3 is 10.5 Å². The Balaban J connectivity index is 2.20. The van der Waals surface area contributed by atoms with Crippen molar-refractivity contribution in [2.24, 2.45) is 5.73 Å². The van der Waals surface area contributed by atoms with E-state index in [-0.39, 0.29) is 11.9 Å². The largest absolute Gasteiger partial charge is 0.483 e. The first kappa shape index (κ1) is 13.3. The number of hydrogen-bond acceptors (Lipinski definition) is 2. The molecule has 18 heavy (non-hydrogen) atoms. The monoisotopic (exact) mass is 357 g/mol. The summed E-state index contributed by atoms with van der Waals surface area (Å²) in [4.78, 5) is 0. The van der Waals surface area contributed by atoms with E-state index >= 15 is 0 Å². The van der Waals surface area contributed by atoms with E-state index in [4.69, 9.17) is 10.5 Å². The van der Waals surface area contributed by atoms with Gasteiger partial charge in [-0.1, -0.05) is 24.3 Å². The SMILES string of the molecule is NCC(Oc1ccccc1I)c1ccc(F)cc1. The minimum atomic E-state index is -0.262. The van der Waals surface area contributed by atoms with Crippen LogP contribution >= 0.6 is 22.6 Å². The molecule has 1 atom stereocenters. The maximum Gasteiger partial charge on any atom is 0.136 e. The van der Waals surface area contributed by atoms with Crippen molar-refractivity contribution in [2.45, 2.75) is 6.10 Å². The first-order chi connectivity index (χ1) is 8.70. The number of hydrogen-bond donors (Lipinski definition) is 1. The lowest BCUT2D eigenvalue weighted by molar-refractivity contribution is 0.212. The number of nitrogens with two attached hydrogens (primary N) is 1. The van der Waals surface area contributed by atoms with Crippen LogP contribution in [0.1, 0.15) is 11.7 Å². The molecular weight excluding hydrogens is 344 g/mol. The summed E-state index contributed by atoms with van der Waals surface area (Å²) in [5, 5.41) is 0. The summed E-state index contributed by atoms with van der Waals surface area (Å²) >= 11 is 2.21. The highest BCUT2D eigenvalue weighted by Crippen LogP contribution is 2.26. The van der Waals surface area contributed by atoms with Crippen molar-refractivity contribution in [3.8, 4) is 5.75 Å². The molecule has 0 saturated heterocycles. The van der Waals surface area contributed by atoms with E-state index in [1.807, 2.05) is 24.3 Å². The molecule has 0 amide bonds. The van der Waals surface area contributed by atoms with Crippen LogP contribution in [0.15, 0.2) is 48.5 Å². The molecule has 0 aliphatic carbocycles. The average Bonchev–Trinajstić information content (AvgIpc) is 2.39. The lowest BCUT2D eigenvalue weighted by Gasteiger charge is -2.18. The van der Waals surface area contributed by atoms with Gasteiger partial charge in [0.15, 0.2) is 0 Å². The van der Waals surface area contributed by atoms with E-state index in [1.54, 1.807) is 12.1 Å². The summed E-state index contributed by atoms with van der Waals surface area (Å²) in [7, 11) is 0. The summed E-state index contributed by atoms with van der Waals surface area (Å²) in [6, 6.07) is 13.9. The second kappa shape index (κ2) is 6.15. The normalized spacial score (nSPS) is 12.2. The molecule has 2 aromatic carbocycles. The first-order valence-electron chi connectivity index (χ1n) is 5.57. The Hall–Kier alpha value is -1.14. The van der Waals surface area contributed by atoms with Gasteiger partial charge in [0.05, 0.1) is 3.57 Å². The van der Waals surface area contributed by atoms with E-state index in [0.29, 0.717) is 6.54 Å². The summed E-state index contributed by atoms with van der Waals surface area (Å²) in [6.07, 6.45) is -0.262. The Morgan fingerprint density at radius 3 is 2.39 bits per heavy atom. The fourth-order valence-electron chi connectivity index (χ4n) is 1.62. The smallest absolute Gasteiger partial charge is 0.136 e. The lowest BCUT2D eigenvalue weighted by Crippen LogP contribution is -2.18. The molecule has 94 valence electrons. The number of benzene rings is 2. The van der Waals surface area contributed by atoms with Crippen molar-refractivity contribution in [2.75, 3.05) is 6.54 Å². The predicted molar refractivity (Wildman–Crippen MR) is 78.0 cm³/mol. The van der Waals surface area contributed by atoms with Crippen LogP contribution < -0.4 is 10.5 Å². The van der Waals surface area contributed by atoms with Crippen LogP contribution in [0, 0.1) is 9.39 Å². The van der Waals surface area contributed by atoms with Gasteiger partial charge in [0.25, 0.3) is 0 Å². The van der Waals surface area contributed by atoms with E-state index in [1.165, 1.54) is 12.1 Å². The zero-order valence-electron chi connectivity index (χ0n) is 9.64. The molecule has 0 saturated carbocycles. The van der Waals surface area contributed by atoms with Crippen LogP contribution in [-0.4, -0.2) is 6.54 Å². The van der Waals surface area contributed by atoms with Crippen molar-refractivity contribution >= 4 is 22.6 Å². The molecule has 0 bridgehead atoms. The molecule has 0 radical (unpaired) electrons. The van der Waals surface area contributed by atoms with Gasteiger partial charge in [0.2, 0.25) is 0 Å². The second-order valence-electron chi connectivity index (χ2n) is 3.82. The molecule has 2 N–H and O–H groups in total.